The molecule has 0 aliphatic rings. The maximum Gasteiger partial charge on any atom is 0.235 e. The quantitative estimate of drug-likeness (QED) is 0.568. The molecule has 0 aliphatic heterocycles. The highest BCUT2D eigenvalue weighted by atomic mass is 32.2. The van der Waals surface area contributed by atoms with Crippen LogP contribution >= 0.6 is 23.1 Å². The van der Waals surface area contributed by atoms with Crippen LogP contribution in [0.2, 0.25) is 0 Å². The van der Waals surface area contributed by atoms with Gasteiger partial charge in [-0.05, 0) is 19.1 Å². The lowest BCUT2D eigenvalue weighted by molar-refractivity contribution is -0.113. The Hall–Kier alpha value is -2.39. The van der Waals surface area contributed by atoms with Crippen LogP contribution in [0.4, 0.5) is 5.82 Å². The molecule has 122 valence electrons. The first kappa shape index (κ1) is 15.2. The van der Waals surface area contributed by atoms with E-state index in [1.54, 1.807) is 23.1 Å². The van der Waals surface area contributed by atoms with E-state index in [-0.39, 0.29) is 11.7 Å². The van der Waals surface area contributed by atoms with Crippen LogP contribution in [0.15, 0.2) is 35.5 Å². The Morgan fingerprint density at radius 1 is 1.33 bits per heavy atom. The highest BCUT2D eigenvalue weighted by Crippen LogP contribution is 2.29. The molecule has 24 heavy (non-hydrogen) atoms. The van der Waals surface area contributed by atoms with Crippen molar-refractivity contribution >= 4 is 50.0 Å². The lowest BCUT2D eigenvalue weighted by Crippen LogP contribution is -2.16. The Morgan fingerprint density at radius 3 is 2.96 bits per heavy atom. The third-order valence-corrected chi connectivity index (χ3v) is 5.45. The van der Waals surface area contributed by atoms with E-state index in [0.29, 0.717) is 5.82 Å². The summed E-state index contributed by atoms with van der Waals surface area (Å²) >= 11 is 2.96. The molecule has 0 spiro atoms. The van der Waals surface area contributed by atoms with Crippen molar-refractivity contribution in [2.75, 3.05) is 11.1 Å². The summed E-state index contributed by atoms with van der Waals surface area (Å²) in [6.45, 7) is 1.89. The van der Waals surface area contributed by atoms with E-state index in [4.69, 9.17) is 0 Å². The first-order chi connectivity index (χ1) is 11.6. The van der Waals surface area contributed by atoms with E-state index in [9.17, 15) is 4.79 Å². The molecule has 0 saturated heterocycles. The van der Waals surface area contributed by atoms with Gasteiger partial charge in [-0.15, -0.1) is 10.2 Å². The number of nitrogens with zero attached hydrogens (tertiary/aromatic N) is 5. The van der Waals surface area contributed by atoms with Gasteiger partial charge in [0.25, 0.3) is 0 Å². The fraction of sp³-hybridized carbons (Fsp3) is 0.200. The summed E-state index contributed by atoms with van der Waals surface area (Å²) in [5, 5.41) is 16.2. The van der Waals surface area contributed by atoms with Crippen molar-refractivity contribution in [2.45, 2.75) is 12.1 Å². The van der Waals surface area contributed by atoms with Crippen molar-refractivity contribution in [3.05, 3.63) is 36.0 Å². The van der Waals surface area contributed by atoms with Crippen LogP contribution in [0.25, 0.3) is 15.2 Å². The number of aryl methyl sites for hydroxylation is 2. The lowest BCUT2D eigenvalue weighted by atomic mass is 10.3. The molecule has 4 aromatic rings. The summed E-state index contributed by atoms with van der Waals surface area (Å²) in [6.07, 6.45) is 0. The molecular formula is C15H14N6OS2. The Kier molecular flexibility index (Phi) is 3.73. The molecular weight excluding hydrogens is 344 g/mol. The third-order valence-electron chi connectivity index (χ3n) is 3.51. The number of para-hydroxylation sites is 1. The Labute approximate surface area is 145 Å². The number of thiazole rings is 1. The van der Waals surface area contributed by atoms with Gasteiger partial charge in [0.1, 0.15) is 5.82 Å². The number of fused-ring (bicyclic) bond motifs is 3. The fourth-order valence-electron chi connectivity index (χ4n) is 2.49. The van der Waals surface area contributed by atoms with Gasteiger partial charge in [0.2, 0.25) is 10.9 Å². The molecule has 0 unspecified atom stereocenters. The zero-order chi connectivity index (χ0) is 16.7. The Balaban J connectivity index is 1.52. The molecule has 0 saturated carbocycles. The predicted octanol–water partition coefficient (Wildman–Crippen LogP) is 2.72. The number of nitrogens with one attached hydrogen (secondary N) is 1. The molecule has 1 amide bonds. The molecule has 9 heteroatoms. The topological polar surface area (TPSA) is 77.1 Å². The van der Waals surface area contributed by atoms with Crippen LogP contribution in [-0.4, -0.2) is 36.0 Å². The van der Waals surface area contributed by atoms with E-state index >= 15 is 0 Å². The zero-order valence-electron chi connectivity index (χ0n) is 13.1. The highest BCUT2D eigenvalue weighted by molar-refractivity contribution is 7.99. The van der Waals surface area contributed by atoms with Crippen LogP contribution in [0.5, 0.6) is 0 Å². The number of carbonyl (C=O) groups excluding carboxylic acids is 1. The van der Waals surface area contributed by atoms with Crippen molar-refractivity contribution in [1.82, 2.24) is 24.4 Å². The molecule has 0 atom stereocenters. The normalized spacial score (nSPS) is 11.4. The monoisotopic (exact) mass is 358 g/mol. The highest BCUT2D eigenvalue weighted by Gasteiger charge is 2.14. The average Bonchev–Trinajstić information content (AvgIpc) is 3.19. The van der Waals surface area contributed by atoms with E-state index in [1.807, 2.05) is 35.6 Å². The average molecular weight is 358 g/mol. The van der Waals surface area contributed by atoms with Crippen LogP contribution in [0, 0.1) is 6.92 Å². The van der Waals surface area contributed by atoms with E-state index < -0.39 is 0 Å². The number of rotatable bonds is 4. The van der Waals surface area contributed by atoms with Gasteiger partial charge in [-0.2, -0.15) is 5.10 Å². The molecule has 0 fully saturated rings. The zero-order valence-corrected chi connectivity index (χ0v) is 14.7. The van der Waals surface area contributed by atoms with Crippen molar-refractivity contribution in [3.63, 3.8) is 0 Å². The minimum absolute atomic E-state index is 0.0979. The number of thioether (sulfide) groups is 1. The van der Waals surface area contributed by atoms with Gasteiger partial charge in [0, 0.05) is 13.1 Å². The summed E-state index contributed by atoms with van der Waals surface area (Å²) in [5.41, 5.74) is 1.93. The number of benzene rings is 1. The number of aromatic nitrogens is 5. The first-order valence-electron chi connectivity index (χ1n) is 7.28. The maximum atomic E-state index is 12.2. The van der Waals surface area contributed by atoms with E-state index in [2.05, 4.69) is 26.7 Å². The first-order valence-corrected chi connectivity index (χ1v) is 9.08. The van der Waals surface area contributed by atoms with Crippen molar-refractivity contribution in [3.8, 4) is 0 Å². The Morgan fingerprint density at radius 2 is 2.17 bits per heavy atom. The summed E-state index contributed by atoms with van der Waals surface area (Å²) in [7, 11) is 1.80. The predicted molar refractivity (Wildman–Crippen MR) is 95.7 cm³/mol. The second kappa shape index (κ2) is 5.91. The number of anilines is 1. The number of hydrogen-bond acceptors (Lipinski definition) is 6. The van der Waals surface area contributed by atoms with Gasteiger partial charge in [-0.3, -0.25) is 13.9 Å². The molecule has 3 aromatic heterocycles. The smallest absolute Gasteiger partial charge is 0.235 e. The fourth-order valence-corrected chi connectivity index (χ4v) is 4.25. The minimum Gasteiger partial charge on any atom is -0.310 e. The van der Waals surface area contributed by atoms with Crippen LogP contribution in [-0.2, 0) is 11.8 Å². The number of carbonyl (C=O) groups is 1. The van der Waals surface area contributed by atoms with Crippen LogP contribution in [0.3, 0.4) is 0 Å². The molecule has 3 heterocycles. The lowest BCUT2D eigenvalue weighted by Gasteiger charge is -2.04. The Bertz CT molecular complexity index is 1050. The largest absolute Gasteiger partial charge is 0.310 e. The van der Waals surface area contributed by atoms with Crippen molar-refractivity contribution in [2.24, 2.45) is 7.05 Å². The van der Waals surface area contributed by atoms with Gasteiger partial charge in [-0.25, -0.2) is 0 Å². The van der Waals surface area contributed by atoms with Crippen molar-refractivity contribution < 1.29 is 4.79 Å². The van der Waals surface area contributed by atoms with Crippen LogP contribution in [0.1, 0.15) is 5.69 Å². The molecule has 0 bridgehead atoms. The van der Waals surface area contributed by atoms with Gasteiger partial charge in [0.05, 0.1) is 21.7 Å². The van der Waals surface area contributed by atoms with Crippen molar-refractivity contribution in [1.29, 1.82) is 0 Å². The van der Waals surface area contributed by atoms with Gasteiger partial charge in [-0.1, -0.05) is 35.2 Å². The summed E-state index contributed by atoms with van der Waals surface area (Å²) in [6, 6.07) is 9.91. The molecule has 1 aromatic carbocycles. The minimum atomic E-state index is -0.0979. The molecule has 0 aliphatic carbocycles. The molecule has 0 radical (unpaired) electrons. The second-order valence-corrected chi connectivity index (χ2v) is 7.25. The van der Waals surface area contributed by atoms with Gasteiger partial charge in [0.15, 0.2) is 5.16 Å². The van der Waals surface area contributed by atoms with Gasteiger partial charge >= 0.3 is 0 Å². The van der Waals surface area contributed by atoms with Crippen LogP contribution < -0.4 is 5.32 Å². The van der Waals surface area contributed by atoms with E-state index in [0.717, 1.165) is 26.0 Å². The molecule has 4 rings (SSSR count). The number of amides is 1. The molecule has 7 nitrogen and oxygen atoms in total. The molecule has 1 N–H and O–H groups in total. The standard InChI is InChI=1S/C15H14N6OS2/c1-9-7-12(20(2)19-9)16-13(22)8-23-14-17-18-15-21(14)10-5-3-4-6-11(10)24-15/h3-7H,8H2,1-2H3,(H,16,22). The number of hydrogen-bond donors (Lipinski definition) is 1. The van der Waals surface area contributed by atoms with E-state index in [1.165, 1.54) is 11.8 Å². The summed E-state index contributed by atoms with van der Waals surface area (Å²) in [5.74, 6) is 0.847. The third kappa shape index (κ3) is 2.65. The second-order valence-electron chi connectivity index (χ2n) is 5.30. The SMILES string of the molecule is Cc1cc(NC(=O)CSc2nnc3sc4ccccc4n23)n(C)n1. The summed E-state index contributed by atoms with van der Waals surface area (Å²) < 4.78 is 4.80. The maximum absolute atomic E-state index is 12.2. The van der Waals surface area contributed by atoms with Gasteiger partial charge < -0.3 is 5.32 Å². The summed E-state index contributed by atoms with van der Waals surface area (Å²) in [4.78, 5) is 13.0.